The Morgan fingerprint density at radius 3 is 2.57 bits per heavy atom. The quantitative estimate of drug-likeness (QED) is 0.796. The molecule has 1 unspecified atom stereocenters. The van der Waals surface area contributed by atoms with Crippen molar-refractivity contribution in [3.05, 3.63) is 17.0 Å². The van der Waals surface area contributed by atoms with Crippen LogP contribution in [0.4, 0.5) is 0 Å². The van der Waals surface area contributed by atoms with E-state index in [4.69, 9.17) is 10.2 Å². The third-order valence-electron chi connectivity index (χ3n) is 3.24. The summed E-state index contributed by atoms with van der Waals surface area (Å²) in [5.74, 6) is -1.99. The van der Waals surface area contributed by atoms with Crippen LogP contribution < -0.4 is 5.14 Å². The van der Waals surface area contributed by atoms with Crippen molar-refractivity contribution in [3.8, 4) is 0 Å². The summed E-state index contributed by atoms with van der Waals surface area (Å²) in [5.41, 5.74) is 0.230. The largest absolute Gasteiger partial charge is 0.481 e. The summed E-state index contributed by atoms with van der Waals surface area (Å²) >= 11 is 0.883. The predicted molar refractivity (Wildman–Crippen MR) is 76.6 cm³/mol. The maximum atomic E-state index is 12.4. The Hall–Kier alpha value is -1.45. The molecule has 7 nitrogen and oxygen atoms in total. The molecule has 2 rings (SSSR count). The fourth-order valence-electron chi connectivity index (χ4n) is 1.90. The first-order valence-electron chi connectivity index (χ1n) is 6.35. The number of aliphatic carboxylic acids is 1. The monoisotopic (exact) mass is 332 g/mol. The minimum Gasteiger partial charge on any atom is -0.481 e. The number of carbonyl (C=O) groups is 2. The zero-order valence-corrected chi connectivity index (χ0v) is 13.0. The van der Waals surface area contributed by atoms with Crippen LogP contribution in [-0.2, 0) is 14.8 Å². The molecule has 0 aliphatic heterocycles. The molecular formula is C12H16N2O5S2. The van der Waals surface area contributed by atoms with Crippen molar-refractivity contribution in [2.45, 2.75) is 30.0 Å². The summed E-state index contributed by atoms with van der Waals surface area (Å²) in [5, 5.41) is 15.4. The van der Waals surface area contributed by atoms with Gasteiger partial charge >= 0.3 is 5.97 Å². The van der Waals surface area contributed by atoms with Gasteiger partial charge < -0.3 is 10.0 Å². The molecule has 1 aromatic rings. The Kier molecular flexibility index (Phi) is 4.35. The molecule has 1 aromatic heterocycles. The second-order valence-corrected chi connectivity index (χ2v) is 7.83. The molecule has 0 saturated heterocycles. The lowest BCUT2D eigenvalue weighted by atomic mass is 10.1. The number of thiophene rings is 1. The molecule has 3 N–H and O–H groups in total. The third-order valence-corrected chi connectivity index (χ3v) is 5.63. The Labute approximate surface area is 126 Å². The van der Waals surface area contributed by atoms with Gasteiger partial charge in [0.1, 0.15) is 4.21 Å². The molecule has 9 heteroatoms. The average molecular weight is 332 g/mol. The van der Waals surface area contributed by atoms with Crippen LogP contribution in [0.25, 0.3) is 0 Å². The van der Waals surface area contributed by atoms with E-state index in [0.717, 1.165) is 24.2 Å². The molecule has 1 amide bonds. The fourth-order valence-corrected chi connectivity index (χ4v) is 3.48. The molecular weight excluding hydrogens is 316 g/mol. The second kappa shape index (κ2) is 5.74. The molecule has 1 saturated carbocycles. The SMILES string of the molecule is CC(CN(C(=O)c1csc(S(N)(=O)=O)c1)C1CC1)C(=O)O. The van der Waals surface area contributed by atoms with E-state index in [0.29, 0.717) is 0 Å². The van der Waals surface area contributed by atoms with Crippen molar-refractivity contribution in [3.63, 3.8) is 0 Å². The molecule has 0 bridgehead atoms. The minimum absolute atomic E-state index is 0.0390. The van der Waals surface area contributed by atoms with Gasteiger partial charge in [0, 0.05) is 18.0 Å². The van der Waals surface area contributed by atoms with E-state index >= 15 is 0 Å². The first-order chi connectivity index (χ1) is 9.70. The summed E-state index contributed by atoms with van der Waals surface area (Å²) in [6.45, 7) is 1.65. The highest BCUT2D eigenvalue weighted by molar-refractivity contribution is 7.91. The highest BCUT2D eigenvalue weighted by atomic mass is 32.2. The molecule has 1 fully saturated rings. The van der Waals surface area contributed by atoms with Gasteiger partial charge in [-0.3, -0.25) is 9.59 Å². The lowest BCUT2D eigenvalue weighted by Gasteiger charge is -2.23. The maximum absolute atomic E-state index is 12.4. The van der Waals surface area contributed by atoms with Gasteiger partial charge in [0.15, 0.2) is 0 Å². The molecule has 0 radical (unpaired) electrons. The van der Waals surface area contributed by atoms with Gasteiger partial charge in [-0.1, -0.05) is 6.92 Å². The Morgan fingerprint density at radius 2 is 2.14 bits per heavy atom. The lowest BCUT2D eigenvalue weighted by molar-refractivity contribution is -0.141. The van der Waals surface area contributed by atoms with Crippen LogP contribution in [-0.4, -0.2) is 42.9 Å². The van der Waals surface area contributed by atoms with Gasteiger partial charge in [0.05, 0.1) is 11.5 Å². The van der Waals surface area contributed by atoms with Gasteiger partial charge in [0.2, 0.25) is 10.0 Å². The van der Waals surface area contributed by atoms with Gasteiger partial charge in [-0.15, -0.1) is 11.3 Å². The van der Waals surface area contributed by atoms with Crippen molar-refractivity contribution in [2.24, 2.45) is 11.1 Å². The number of hydrogen-bond donors (Lipinski definition) is 2. The zero-order chi connectivity index (χ0) is 15.8. The van der Waals surface area contributed by atoms with Crippen molar-refractivity contribution >= 4 is 33.2 Å². The number of sulfonamides is 1. The number of nitrogens with zero attached hydrogens (tertiary/aromatic N) is 1. The van der Waals surface area contributed by atoms with E-state index < -0.39 is 21.9 Å². The predicted octanol–water partition coefficient (Wildman–Crippen LogP) is 0.721. The fraction of sp³-hybridized carbons (Fsp3) is 0.500. The topological polar surface area (TPSA) is 118 Å². The lowest BCUT2D eigenvalue weighted by Crippen LogP contribution is -2.38. The second-order valence-electron chi connectivity index (χ2n) is 5.13. The van der Waals surface area contributed by atoms with Crippen LogP contribution in [0.15, 0.2) is 15.7 Å². The van der Waals surface area contributed by atoms with E-state index in [1.165, 1.54) is 23.3 Å². The Bertz CT molecular complexity index is 663. The van der Waals surface area contributed by atoms with Crippen LogP contribution in [0.1, 0.15) is 30.1 Å². The number of primary sulfonamides is 1. The summed E-state index contributed by atoms with van der Waals surface area (Å²) in [7, 11) is -3.83. The molecule has 0 spiro atoms. The zero-order valence-electron chi connectivity index (χ0n) is 11.4. The third kappa shape index (κ3) is 3.80. The average Bonchev–Trinajstić information content (AvgIpc) is 3.08. The van der Waals surface area contributed by atoms with Gasteiger partial charge in [0.25, 0.3) is 5.91 Å². The molecule has 1 aliphatic rings. The van der Waals surface area contributed by atoms with E-state index in [9.17, 15) is 18.0 Å². The van der Waals surface area contributed by atoms with E-state index in [-0.39, 0.29) is 28.3 Å². The first kappa shape index (κ1) is 15.9. The standard InChI is InChI=1S/C12H16N2O5S2/c1-7(12(16)17)5-14(9-2-3-9)11(15)8-4-10(20-6-8)21(13,18)19/h4,6-7,9H,2-3,5H2,1H3,(H,16,17)(H2,13,18,19). The van der Waals surface area contributed by atoms with Gasteiger partial charge in [-0.05, 0) is 18.9 Å². The molecule has 1 heterocycles. The van der Waals surface area contributed by atoms with Gasteiger partial charge in [-0.25, -0.2) is 13.6 Å². The molecule has 116 valence electrons. The molecule has 21 heavy (non-hydrogen) atoms. The Balaban J connectivity index is 2.19. The number of hydrogen-bond acceptors (Lipinski definition) is 5. The smallest absolute Gasteiger partial charge is 0.308 e. The molecule has 1 aliphatic carbocycles. The van der Waals surface area contributed by atoms with E-state index in [1.54, 1.807) is 0 Å². The number of carboxylic acid groups (broad SMARTS) is 1. The van der Waals surface area contributed by atoms with E-state index in [2.05, 4.69) is 0 Å². The van der Waals surface area contributed by atoms with Gasteiger partial charge in [-0.2, -0.15) is 0 Å². The van der Waals surface area contributed by atoms with Crippen LogP contribution in [0.3, 0.4) is 0 Å². The van der Waals surface area contributed by atoms with Crippen molar-refractivity contribution in [2.75, 3.05) is 6.54 Å². The highest BCUT2D eigenvalue weighted by Crippen LogP contribution is 2.30. The van der Waals surface area contributed by atoms with Crippen molar-refractivity contribution < 1.29 is 23.1 Å². The number of rotatable bonds is 6. The summed E-state index contributed by atoms with van der Waals surface area (Å²) in [6.07, 6.45) is 1.68. The summed E-state index contributed by atoms with van der Waals surface area (Å²) in [4.78, 5) is 24.9. The summed E-state index contributed by atoms with van der Waals surface area (Å²) in [6, 6.07) is 1.28. The minimum atomic E-state index is -3.83. The molecule has 1 atom stereocenters. The summed E-state index contributed by atoms with van der Waals surface area (Å²) < 4.78 is 22.4. The number of carbonyl (C=O) groups excluding carboxylic acids is 1. The number of nitrogens with two attached hydrogens (primary N) is 1. The van der Waals surface area contributed by atoms with Crippen LogP contribution in [0.2, 0.25) is 0 Å². The van der Waals surface area contributed by atoms with Crippen LogP contribution in [0, 0.1) is 5.92 Å². The van der Waals surface area contributed by atoms with Crippen molar-refractivity contribution in [1.29, 1.82) is 0 Å². The first-order valence-corrected chi connectivity index (χ1v) is 8.78. The molecule has 0 aromatic carbocycles. The van der Waals surface area contributed by atoms with Crippen LogP contribution >= 0.6 is 11.3 Å². The van der Waals surface area contributed by atoms with Crippen LogP contribution in [0.5, 0.6) is 0 Å². The van der Waals surface area contributed by atoms with E-state index in [1.807, 2.05) is 0 Å². The van der Waals surface area contributed by atoms with Crippen molar-refractivity contribution in [1.82, 2.24) is 4.90 Å². The normalized spacial score (nSPS) is 16.5. The number of amides is 1. The highest BCUT2D eigenvalue weighted by Gasteiger charge is 2.35. The Morgan fingerprint density at radius 1 is 1.52 bits per heavy atom. The maximum Gasteiger partial charge on any atom is 0.308 e. The number of carboxylic acids is 1.